The first kappa shape index (κ1) is 15.4. The second-order valence-corrected chi connectivity index (χ2v) is 5.57. The molecule has 1 unspecified atom stereocenters. The maximum atomic E-state index is 13.7. The quantitative estimate of drug-likeness (QED) is 0.915. The van der Waals surface area contributed by atoms with E-state index in [1.807, 2.05) is 31.2 Å². The zero-order valence-electron chi connectivity index (χ0n) is 12.2. The molecule has 0 radical (unpaired) electrons. The molecule has 2 rings (SSSR count). The molecule has 4 heteroatoms. The number of benzene rings is 2. The summed E-state index contributed by atoms with van der Waals surface area (Å²) < 4.78 is 32.1. The Labute approximate surface area is 123 Å². The number of nitrogens with two attached hydrogens (primary N) is 1. The van der Waals surface area contributed by atoms with Crippen LogP contribution in [0.25, 0.3) is 0 Å². The predicted molar refractivity (Wildman–Crippen MR) is 79.4 cm³/mol. The molecule has 0 bridgehead atoms. The van der Waals surface area contributed by atoms with E-state index in [1.165, 1.54) is 6.07 Å². The Balaban J connectivity index is 2.12. The van der Waals surface area contributed by atoms with Gasteiger partial charge in [-0.05, 0) is 49.1 Å². The molecule has 2 aromatic rings. The third kappa shape index (κ3) is 4.02. The molecule has 0 aliphatic rings. The van der Waals surface area contributed by atoms with E-state index in [-0.39, 0.29) is 6.42 Å². The Bertz CT molecular complexity index is 609. The van der Waals surface area contributed by atoms with Crippen LogP contribution in [0.2, 0.25) is 0 Å². The molecule has 0 amide bonds. The third-order valence-corrected chi connectivity index (χ3v) is 3.39. The van der Waals surface area contributed by atoms with Gasteiger partial charge in [-0.2, -0.15) is 0 Å². The first-order valence-corrected chi connectivity index (χ1v) is 6.76. The minimum atomic E-state index is -0.840. The lowest BCUT2D eigenvalue weighted by Crippen LogP contribution is -2.41. The number of ether oxygens (including phenoxy) is 1. The van der Waals surface area contributed by atoms with Gasteiger partial charge in [-0.1, -0.05) is 24.3 Å². The fraction of sp³-hybridized carbons (Fsp3) is 0.294. The van der Waals surface area contributed by atoms with E-state index in [9.17, 15) is 8.78 Å². The van der Waals surface area contributed by atoms with Crippen LogP contribution in [0.1, 0.15) is 18.1 Å². The third-order valence-electron chi connectivity index (χ3n) is 3.39. The molecule has 21 heavy (non-hydrogen) atoms. The van der Waals surface area contributed by atoms with Crippen molar-refractivity contribution in [2.75, 3.05) is 7.11 Å². The molecule has 0 aliphatic heterocycles. The van der Waals surface area contributed by atoms with E-state index in [2.05, 4.69) is 0 Å². The summed E-state index contributed by atoms with van der Waals surface area (Å²) in [6.07, 6.45) is 0.829. The lowest BCUT2D eigenvalue weighted by molar-refractivity contribution is 0.413. The van der Waals surface area contributed by atoms with Crippen molar-refractivity contribution >= 4 is 0 Å². The van der Waals surface area contributed by atoms with Gasteiger partial charge in [0, 0.05) is 5.54 Å². The lowest BCUT2D eigenvalue weighted by atomic mass is 9.87. The normalized spacial score (nSPS) is 13.8. The monoisotopic (exact) mass is 291 g/mol. The largest absolute Gasteiger partial charge is 0.497 e. The van der Waals surface area contributed by atoms with Crippen molar-refractivity contribution in [3.05, 3.63) is 65.2 Å². The van der Waals surface area contributed by atoms with Crippen LogP contribution in [0.4, 0.5) is 8.78 Å². The Hall–Kier alpha value is -1.94. The van der Waals surface area contributed by atoms with E-state index >= 15 is 0 Å². The highest BCUT2D eigenvalue weighted by Crippen LogP contribution is 2.21. The topological polar surface area (TPSA) is 35.2 Å². The molecular weight excluding hydrogens is 272 g/mol. The number of hydrogen-bond acceptors (Lipinski definition) is 2. The second kappa shape index (κ2) is 6.22. The van der Waals surface area contributed by atoms with Crippen molar-refractivity contribution in [1.82, 2.24) is 0 Å². The number of methoxy groups -OCH3 is 1. The Morgan fingerprint density at radius 2 is 1.71 bits per heavy atom. The van der Waals surface area contributed by atoms with Crippen LogP contribution in [0, 0.1) is 11.6 Å². The SMILES string of the molecule is COc1ccc(CC(C)(N)Cc2cccc(F)c2F)cc1. The van der Waals surface area contributed by atoms with E-state index in [1.54, 1.807) is 13.2 Å². The van der Waals surface area contributed by atoms with Crippen molar-refractivity contribution in [3.8, 4) is 5.75 Å². The molecule has 0 aliphatic carbocycles. The molecule has 0 saturated carbocycles. The maximum Gasteiger partial charge on any atom is 0.162 e. The fourth-order valence-electron chi connectivity index (χ4n) is 2.39. The Kier molecular flexibility index (Phi) is 4.58. The van der Waals surface area contributed by atoms with Gasteiger partial charge >= 0.3 is 0 Å². The van der Waals surface area contributed by atoms with E-state index in [0.717, 1.165) is 17.4 Å². The van der Waals surface area contributed by atoms with Crippen molar-refractivity contribution in [2.45, 2.75) is 25.3 Å². The number of halogens is 2. The van der Waals surface area contributed by atoms with Crippen molar-refractivity contribution < 1.29 is 13.5 Å². The van der Waals surface area contributed by atoms with E-state index in [0.29, 0.717) is 12.0 Å². The van der Waals surface area contributed by atoms with Gasteiger partial charge in [0.15, 0.2) is 11.6 Å². The molecule has 2 nitrogen and oxygen atoms in total. The molecule has 0 fully saturated rings. The van der Waals surface area contributed by atoms with Crippen LogP contribution < -0.4 is 10.5 Å². The molecule has 2 N–H and O–H groups in total. The molecular formula is C17H19F2NO. The van der Waals surface area contributed by atoms with Gasteiger partial charge in [0.25, 0.3) is 0 Å². The molecule has 2 aromatic carbocycles. The van der Waals surface area contributed by atoms with E-state index < -0.39 is 17.2 Å². The van der Waals surface area contributed by atoms with Crippen LogP contribution in [0.5, 0.6) is 5.75 Å². The molecule has 0 aromatic heterocycles. The zero-order valence-corrected chi connectivity index (χ0v) is 12.2. The highest BCUT2D eigenvalue weighted by Gasteiger charge is 2.22. The smallest absolute Gasteiger partial charge is 0.162 e. The average molecular weight is 291 g/mol. The minimum absolute atomic E-state index is 0.266. The zero-order chi connectivity index (χ0) is 15.5. The standard InChI is InChI=1S/C17H19F2NO/c1-17(20,10-12-6-8-14(21-2)9-7-12)11-13-4-3-5-15(18)16(13)19/h3-9H,10-11,20H2,1-2H3. The minimum Gasteiger partial charge on any atom is -0.497 e. The number of rotatable bonds is 5. The number of hydrogen-bond donors (Lipinski definition) is 1. The summed E-state index contributed by atoms with van der Waals surface area (Å²) >= 11 is 0. The van der Waals surface area contributed by atoms with Crippen LogP contribution in [0.15, 0.2) is 42.5 Å². The Morgan fingerprint density at radius 3 is 2.33 bits per heavy atom. The second-order valence-electron chi connectivity index (χ2n) is 5.57. The van der Waals surface area contributed by atoms with Gasteiger partial charge < -0.3 is 10.5 Å². The summed E-state index contributed by atoms with van der Waals surface area (Å²) in [7, 11) is 1.61. The van der Waals surface area contributed by atoms with Gasteiger partial charge in [0.2, 0.25) is 0 Å². The van der Waals surface area contributed by atoms with Crippen LogP contribution in [-0.4, -0.2) is 12.6 Å². The van der Waals surface area contributed by atoms with Gasteiger partial charge in [-0.3, -0.25) is 0 Å². The highest BCUT2D eigenvalue weighted by molar-refractivity contribution is 5.29. The van der Waals surface area contributed by atoms with Crippen molar-refractivity contribution in [3.63, 3.8) is 0 Å². The van der Waals surface area contributed by atoms with E-state index in [4.69, 9.17) is 10.5 Å². The van der Waals surface area contributed by atoms with Gasteiger partial charge in [0.05, 0.1) is 7.11 Å². The highest BCUT2D eigenvalue weighted by atomic mass is 19.2. The molecule has 1 atom stereocenters. The molecule has 0 saturated heterocycles. The summed E-state index contributed by atoms with van der Waals surface area (Å²) in [5.74, 6) is -0.884. The van der Waals surface area contributed by atoms with Crippen LogP contribution >= 0.6 is 0 Å². The summed E-state index contributed by atoms with van der Waals surface area (Å²) in [5.41, 5.74) is 6.91. The average Bonchev–Trinajstić information content (AvgIpc) is 2.44. The van der Waals surface area contributed by atoms with Gasteiger partial charge in [0.1, 0.15) is 5.75 Å². The predicted octanol–water partition coefficient (Wildman–Crippen LogP) is 3.48. The summed E-state index contributed by atoms with van der Waals surface area (Å²) in [4.78, 5) is 0. The van der Waals surface area contributed by atoms with Crippen molar-refractivity contribution in [1.29, 1.82) is 0 Å². The van der Waals surface area contributed by atoms with Crippen LogP contribution in [0.3, 0.4) is 0 Å². The molecule has 112 valence electrons. The fourth-order valence-corrected chi connectivity index (χ4v) is 2.39. The van der Waals surface area contributed by atoms with Gasteiger partial charge in [-0.15, -0.1) is 0 Å². The summed E-state index contributed by atoms with van der Waals surface area (Å²) in [5, 5.41) is 0. The summed E-state index contributed by atoms with van der Waals surface area (Å²) in [6, 6.07) is 11.7. The maximum absolute atomic E-state index is 13.7. The molecule has 0 spiro atoms. The van der Waals surface area contributed by atoms with Crippen LogP contribution in [-0.2, 0) is 12.8 Å². The van der Waals surface area contributed by atoms with Gasteiger partial charge in [-0.25, -0.2) is 8.78 Å². The Morgan fingerprint density at radius 1 is 1.05 bits per heavy atom. The first-order chi connectivity index (χ1) is 9.91. The summed E-state index contributed by atoms with van der Waals surface area (Å²) in [6.45, 7) is 1.83. The first-order valence-electron chi connectivity index (χ1n) is 6.76. The lowest BCUT2D eigenvalue weighted by Gasteiger charge is -2.25. The molecule has 0 heterocycles. The van der Waals surface area contributed by atoms with Crippen molar-refractivity contribution in [2.24, 2.45) is 5.73 Å².